The zero-order valence-corrected chi connectivity index (χ0v) is 9.25. The largest absolute Gasteiger partial charge is 0.478 e. The van der Waals surface area contributed by atoms with Crippen LogP contribution in [0.1, 0.15) is 21.7 Å². The Morgan fingerprint density at radius 3 is 3.06 bits per heavy atom. The van der Waals surface area contributed by atoms with Gasteiger partial charge >= 0.3 is 5.97 Å². The Morgan fingerprint density at radius 1 is 1.59 bits per heavy atom. The number of nitrogens with one attached hydrogen (secondary N) is 1. The number of aromatic nitrogens is 3. The number of hydrogen-bond donors (Lipinski definition) is 2. The van der Waals surface area contributed by atoms with Gasteiger partial charge in [0.05, 0.1) is 17.6 Å². The lowest BCUT2D eigenvalue weighted by Crippen LogP contribution is -2.17. The van der Waals surface area contributed by atoms with Crippen molar-refractivity contribution in [3.63, 3.8) is 0 Å². The Balaban J connectivity index is 1.99. The van der Waals surface area contributed by atoms with Crippen LogP contribution in [0.5, 0.6) is 0 Å². The standard InChI is InChI=1S/C10H12N4O3/c1-14-9(8(5-12-14)10(15)16)6-11-4-7-2-3-17-13-7/h2-3,5,11H,4,6H2,1H3,(H,15,16). The zero-order valence-electron chi connectivity index (χ0n) is 9.25. The molecule has 2 N–H and O–H groups in total. The molecule has 0 fully saturated rings. The van der Waals surface area contributed by atoms with Gasteiger partial charge in [-0.3, -0.25) is 4.68 Å². The maximum atomic E-state index is 10.9. The molecule has 7 heteroatoms. The third-order valence-corrected chi connectivity index (χ3v) is 2.38. The van der Waals surface area contributed by atoms with Crippen LogP contribution in [-0.4, -0.2) is 26.0 Å². The normalized spacial score (nSPS) is 10.6. The first kappa shape index (κ1) is 11.3. The molecule has 0 spiro atoms. The number of aromatic carboxylic acids is 1. The molecular formula is C10H12N4O3. The van der Waals surface area contributed by atoms with Gasteiger partial charge in [-0.15, -0.1) is 0 Å². The third-order valence-electron chi connectivity index (χ3n) is 2.38. The number of rotatable bonds is 5. The van der Waals surface area contributed by atoms with E-state index in [9.17, 15) is 4.79 Å². The van der Waals surface area contributed by atoms with Gasteiger partial charge in [0.2, 0.25) is 0 Å². The first-order chi connectivity index (χ1) is 8.18. The average molecular weight is 236 g/mol. The van der Waals surface area contributed by atoms with Gasteiger partial charge in [0.1, 0.15) is 11.8 Å². The van der Waals surface area contributed by atoms with Crippen LogP contribution >= 0.6 is 0 Å². The number of carboxylic acids is 1. The van der Waals surface area contributed by atoms with Gasteiger partial charge in [-0.05, 0) is 0 Å². The predicted molar refractivity (Wildman–Crippen MR) is 57.2 cm³/mol. The minimum atomic E-state index is -0.976. The molecule has 0 amide bonds. The molecule has 0 unspecified atom stereocenters. The SMILES string of the molecule is Cn1ncc(C(=O)O)c1CNCc1ccon1. The van der Waals surface area contributed by atoms with Crippen molar-refractivity contribution >= 4 is 5.97 Å². The zero-order chi connectivity index (χ0) is 12.3. The van der Waals surface area contributed by atoms with Crippen molar-refractivity contribution in [3.05, 3.63) is 35.5 Å². The summed E-state index contributed by atoms with van der Waals surface area (Å²) in [7, 11) is 1.71. The summed E-state index contributed by atoms with van der Waals surface area (Å²) < 4.78 is 6.23. The molecule has 17 heavy (non-hydrogen) atoms. The van der Waals surface area contributed by atoms with Crippen LogP contribution < -0.4 is 5.32 Å². The molecule has 0 atom stereocenters. The van der Waals surface area contributed by atoms with E-state index in [1.165, 1.54) is 12.5 Å². The molecule has 2 aromatic heterocycles. The van der Waals surface area contributed by atoms with Crippen LogP contribution in [0.2, 0.25) is 0 Å². The van der Waals surface area contributed by atoms with Crippen molar-refractivity contribution in [1.29, 1.82) is 0 Å². The molecule has 2 rings (SSSR count). The minimum Gasteiger partial charge on any atom is -0.478 e. The van der Waals surface area contributed by atoms with E-state index in [0.29, 0.717) is 18.8 Å². The Bertz CT molecular complexity index is 504. The summed E-state index contributed by atoms with van der Waals surface area (Å²) in [6.45, 7) is 0.922. The monoisotopic (exact) mass is 236 g/mol. The highest BCUT2D eigenvalue weighted by Crippen LogP contribution is 2.07. The van der Waals surface area contributed by atoms with E-state index in [1.807, 2.05) is 0 Å². The van der Waals surface area contributed by atoms with E-state index in [1.54, 1.807) is 17.8 Å². The predicted octanol–water partition coefficient (Wildman–Crippen LogP) is 0.396. The molecule has 2 heterocycles. The molecule has 0 radical (unpaired) electrons. The molecule has 7 nitrogen and oxygen atoms in total. The molecule has 0 aliphatic rings. The van der Waals surface area contributed by atoms with E-state index < -0.39 is 5.97 Å². The van der Waals surface area contributed by atoms with Crippen LogP contribution in [0, 0.1) is 0 Å². The van der Waals surface area contributed by atoms with E-state index in [-0.39, 0.29) is 5.56 Å². The van der Waals surface area contributed by atoms with Crippen molar-refractivity contribution in [1.82, 2.24) is 20.3 Å². The van der Waals surface area contributed by atoms with Gasteiger partial charge in [0.15, 0.2) is 0 Å². The fraction of sp³-hybridized carbons (Fsp3) is 0.300. The molecule has 0 aliphatic carbocycles. The second-order valence-corrected chi connectivity index (χ2v) is 3.53. The lowest BCUT2D eigenvalue weighted by molar-refractivity contribution is 0.0695. The Morgan fingerprint density at radius 2 is 2.41 bits per heavy atom. The maximum absolute atomic E-state index is 10.9. The van der Waals surface area contributed by atoms with Gasteiger partial charge in [-0.2, -0.15) is 5.10 Å². The Kier molecular flexibility index (Phi) is 3.20. The highest BCUT2D eigenvalue weighted by Gasteiger charge is 2.14. The molecule has 90 valence electrons. The van der Waals surface area contributed by atoms with Crippen molar-refractivity contribution in [2.45, 2.75) is 13.1 Å². The van der Waals surface area contributed by atoms with Crippen LogP contribution in [0.25, 0.3) is 0 Å². The van der Waals surface area contributed by atoms with Gasteiger partial charge in [0, 0.05) is 26.2 Å². The summed E-state index contributed by atoms with van der Waals surface area (Å²) >= 11 is 0. The summed E-state index contributed by atoms with van der Waals surface area (Å²) in [5.41, 5.74) is 1.60. The first-order valence-electron chi connectivity index (χ1n) is 5.02. The topological polar surface area (TPSA) is 93.2 Å². The van der Waals surface area contributed by atoms with E-state index in [2.05, 4.69) is 20.1 Å². The van der Waals surface area contributed by atoms with Crippen molar-refractivity contribution in [2.24, 2.45) is 7.05 Å². The fourth-order valence-corrected chi connectivity index (χ4v) is 1.49. The summed E-state index contributed by atoms with van der Waals surface area (Å²) in [6, 6.07) is 1.74. The summed E-state index contributed by atoms with van der Waals surface area (Å²) in [5.74, 6) is -0.976. The minimum absolute atomic E-state index is 0.208. The van der Waals surface area contributed by atoms with Crippen molar-refractivity contribution < 1.29 is 14.4 Å². The second-order valence-electron chi connectivity index (χ2n) is 3.53. The van der Waals surface area contributed by atoms with E-state index in [0.717, 1.165) is 5.69 Å². The summed E-state index contributed by atoms with van der Waals surface area (Å²) in [5, 5.41) is 19.7. The first-order valence-corrected chi connectivity index (χ1v) is 5.02. The lowest BCUT2D eigenvalue weighted by atomic mass is 10.2. The number of hydrogen-bond acceptors (Lipinski definition) is 5. The van der Waals surface area contributed by atoms with Crippen LogP contribution in [0.15, 0.2) is 23.0 Å². The summed E-state index contributed by atoms with van der Waals surface area (Å²) in [4.78, 5) is 10.9. The summed E-state index contributed by atoms with van der Waals surface area (Å²) in [6.07, 6.45) is 2.83. The average Bonchev–Trinajstić information content (AvgIpc) is 2.89. The van der Waals surface area contributed by atoms with Crippen molar-refractivity contribution in [2.75, 3.05) is 0 Å². The fourth-order valence-electron chi connectivity index (χ4n) is 1.49. The Hall–Kier alpha value is -2.15. The van der Waals surface area contributed by atoms with Gasteiger partial charge in [-0.25, -0.2) is 4.79 Å². The van der Waals surface area contributed by atoms with Gasteiger partial charge in [-0.1, -0.05) is 5.16 Å². The Labute approximate surface area is 97.0 Å². The lowest BCUT2D eigenvalue weighted by Gasteiger charge is -2.04. The molecule has 0 aromatic carbocycles. The maximum Gasteiger partial charge on any atom is 0.339 e. The second kappa shape index (κ2) is 4.79. The molecule has 0 bridgehead atoms. The van der Waals surface area contributed by atoms with Crippen molar-refractivity contribution in [3.8, 4) is 0 Å². The van der Waals surface area contributed by atoms with Crippen LogP contribution in [-0.2, 0) is 20.1 Å². The molecule has 2 aromatic rings. The van der Waals surface area contributed by atoms with Crippen LogP contribution in [0.4, 0.5) is 0 Å². The molecule has 0 saturated heterocycles. The number of aryl methyl sites for hydroxylation is 1. The highest BCUT2D eigenvalue weighted by molar-refractivity contribution is 5.88. The smallest absolute Gasteiger partial charge is 0.339 e. The molecular weight excluding hydrogens is 224 g/mol. The van der Waals surface area contributed by atoms with E-state index >= 15 is 0 Å². The number of carbonyl (C=O) groups is 1. The van der Waals surface area contributed by atoms with Gasteiger partial charge in [0.25, 0.3) is 0 Å². The van der Waals surface area contributed by atoms with Gasteiger partial charge < -0.3 is 14.9 Å². The molecule has 0 aliphatic heterocycles. The highest BCUT2D eigenvalue weighted by atomic mass is 16.5. The number of nitrogens with zero attached hydrogens (tertiary/aromatic N) is 3. The third kappa shape index (κ3) is 2.51. The van der Waals surface area contributed by atoms with E-state index in [4.69, 9.17) is 5.11 Å². The quantitative estimate of drug-likeness (QED) is 0.780. The molecule has 0 saturated carbocycles. The van der Waals surface area contributed by atoms with Crippen LogP contribution in [0.3, 0.4) is 0 Å². The number of carboxylic acid groups (broad SMARTS) is 1.